The summed E-state index contributed by atoms with van der Waals surface area (Å²) in [7, 11) is -2.15. The van der Waals surface area contributed by atoms with Crippen LogP contribution in [0, 0.1) is 11.3 Å². The SMILES string of the molecule is CC(C)C(NC(=O)NCC(C)(C)OC(=O)OCO[P+](=O)C1(N)CC1)C(=O)N1CC[C@](O)(c2ccc(Cl)cc2)C(C)(C)C1. The first-order chi connectivity index (χ1) is 19.4. The Morgan fingerprint density at radius 1 is 1.17 bits per heavy atom. The summed E-state index contributed by atoms with van der Waals surface area (Å²) in [5, 5.41) is 16.7. The fraction of sp³-hybridized carbons (Fsp3) is 0.679. The molecule has 234 valence electrons. The summed E-state index contributed by atoms with van der Waals surface area (Å²) >= 11 is 6.03. The molecule has 0 aromatic heterocycles. The fourth-order valence-corrected chi connectivity index (χ4v) is 5.83. The van der Waals surface area contributed by atoms with Crippen molar-refractivity contribution in [3.05, 3.63) is 34.9 Å². The largest absolute Gasteiger partial charge is 0.533 e. The molecule has 1 saturated carbocycles. The van der Waals surface area contributed by atoms with Crippen LogP contribution in [0.25, 0.3) is 0 Å². The van der Waals surface area contributed by atoms with Crippen molar-refractivity contribution in [2.75, 3.05) is 26.4 Å². The van der Waals surface area contributed by atoms with Crippen molar-refractivity contribution >= 4 is 37.7 Å². The highest BCUT2D eigenvalue weighted by Gasteiger charge is 2.59. The molecule has 0 bridgehead atoms. The lowest BCUT2D eigenvalue weighted by molar-refractivity contribution is -0.155. The smallest absolute Gasteiger partial charge is 0.426 e. The van der Waals surface area contributed by atoms with Crippen molar-refractivity contribution in [1.82, 2.24) is 15.5 Å². The maximum Gasteiger partial charge on any atom is 0.533 e. The van der Waals surface area contributed by atoms with Crippen LogP contribution in [0.5, 0.6) is 0 Å². The van der Waals surface area contributed by atoms with E-state index in [4.69, 9.17) is 31.3 Å². The normalized spacial score (nSPS) is 22.1. The van der Waals surface area contributed by atoms with Crippen LogP contribution >= 0.6 is 19.6 Å². The molecule has 2 fully saturated rings. The van der Waals surface area contributed by atoms with Crippen LogP contribution in [0.1, 0.15) is 66.4 Å². The van der Waals surface area contributed by atoms with Gasteiger partial charge in [0.1, 0.15) is 11.6 Å². The Bertz CT molecular complexity index is 1170. The second-order valence-corrected chi connectivity index (χ2v) is 14.8. The van der Waals surface area contributed by atoms with Gasteiger partial charge in [0.2, 0.25) is 18.0 Å². The number of hydrogen-bond donors (Lipinski definition) is 4. The molecule has 14 heteroatoms. The van der Waals surface area contributed by atoms with E-state index in [0.717, 1.165) is 5.56 Å². The van der Waals surface area contributed by atoms with Gasteiger partial charge in [0.05, 0.1) is 12.1 Å². The molecule has 3 atom stereocenters. The highest BCUT2D eigenvalue weighted by atomic mass is 35.5. The Kier molecular flexibility index (Phi) is 10.5. The van der Waals surface area contributed by atoms with Crippen molar-refractivity contribution in [1.29, 1.82) is 0 Å². The third-order valence-electron chi connectivity index (χ3n) is 7.81. The zero-order valence-electron chi connectivity index (χ0n) is 25.1. The van der Waals surface area contributed by atoms with Gasteiger partial charge in [0.15, 0.2) is 0 Å². The number of halogens is 1. The van der Waals surface area contributed by atoms with Crippen molar-refractivity contribution in [3.8, 4) is 0 Å². The van der Waals surface area contributed by atoms with Gasteiger partial charge in [0.25, 0.3) is 0 Å². The lowest BCUT2D eigenvalue weighted by atomic mass is 9.66. The second-order valence-electron chi connectivity index (χ2n) is 12.7. The lowest BCUT2D eigenvalue weighted by Gasteiger charge is -2.51. The van der Waals surface area contributed by atoms with E-state index in [1.165, 1.54) is 0 Å². The minimum absolute atomic E-state index is 0.0845. The summed E-state index contributed by atoms with van der Waals surface area (Å²) in [5.74, 6) is -0.480. The molecule has 3 rings (SSSR count). The molecule has 12 nitrogen and oxygen atoms in total. The maximum absolute atomic E-state index is 13.6. The van der Waals surface area contributed by atoms with E-state index >= 15 is 0 Å². The number of amides is 3. The first kappa shape index (κ1) is 34.0. The number of carbonyl (C=O) groups excluding carboxylic acids is 3. The van der Waals surface area contributed by atoms with Crippen molar-refractivity contribution < 1.29 is 38.1 Å². The van der Waals surface area contributed by atoms with Crippen LogP contribution in [0.4, 0.5) is 9.59 Å². The van der Waals surface area contributed by atoms with Crippen LogP contribution < -0.4 is 16.4 Å². The van der Waals surface area contributed by atoms with Gasteiger partial charge in [-0.25, -0.2) is 9.59 Å². The van der Waals surface area contributed by atoms with Crippen LogP contribution in [0.3, 0.4) is 0 Å². The Labute approximate surface area is 252 Å². The Hall–Kier alpha value is -2.50. The molecule has 2 aliphatic rings. The molecule has 5 N–H and O–H groups in total. The number of nitrogens with zero attached hydrogens (tertiary/aromatic N) is 1. The van der Waals surface area contributed by atoms with Gasteiger partial charge in [0, 0.05) is 36.4 Å². The minimum atomic E-state index is -2.15. The molecular formula is C28H43ClN4O8P+. The first-order valence-corrected chi connectivity index (χ1v) is 15.5. The summed E-state index contributed by atoms with van der Waals surface area (Å²) in [4.78, 5) is 40.1. The van der Waals surface area contributed by atoms with E-state index in [1.807, 2.05) is 27.7 Å². The Balaban J connectivity index is 1.51. The van der Waals surface area contributed by atoms with Gasteiger partial charge in [-0.3, -0.25) is 10.5 Å². The van der Waals surface area contributed by atoms with E-state index in [2.05, 4.69) is 10.6 Å². The highest BCUT2D eigenvalue weighted by Crippen LogP contribution is 2.53. The molecule has 0 spiro atoms. The first-order valence-electron chi connectivity index (χ1n) is 14.0. The fourth-order valence-electron chi connectivity index (χ4n) is 4.82. The molecule has 2 unspecified atom stereocenters. The number of nitrogens with two attached hydrogens (primary N) is 1. The minimum Gasteiger partial charge on any atom is -0.426 e. The number of aliphatic hydroxyl groups is 1. The Morgan fingerprint density at radius 2 is 1.79 bits per heavy atom. The predicted octanol–water partition coefficient (Wildman–Crippen LogP) is 4.21. The average molecular weight is 630 g/mol. The van der Waals surface area contributed by atoms with E-state index < -0.39 is 54.9 Å². The van der Waals surface area contributed by atoms with Crippen molar-refractivity contribution in [2.45, 2.75) is 83.3 Å². The van der Waals surface area contributed by atoms with Crippen LogP contribution in [-0.4, -0.2) is 71.5 Å². The monoisotopic (exact) mass is 629 g/mol. The topological polar surface area (TPSA) is 170 Å². The number of carbonyl (C=O) groups is 3. The zero-order valence-corrected chi connectivity index (χ0v) is 26.7. The highest BCUT2D eigenvalue weighted by molar-refractivity contribution is 7.41. The number of rotatable bonds is 11. The van der Waals surface area contributed by atoms with Gasteiger partial charge < -0.3 is 30.1 Å². The van der Waals surface area contributed by atoms with Gasteiger partial charge in [-0.05, 0) is 48.4 Å². The molecule has 0 radical (unpaired) electrons. The summed E-state index contributed by atoms with van der Waals surface area (Å²) in [6.45, 7) is 10.5. The van der Waals surface area contributed by atoms with Crippen molar-refractivity contribution in [3.63, 3.8) is 0 Å². The van der Waals surface area contributed by atoms with Gasteiger partial charge in [-0.15, -0.1) is 4.52 Å². The summed E-state index contributed by atoms with van der Waals surface area (Å²) in [6.07, 6.45) is 0.426. The molecular weight excluding hydrogens is 587 g/mol. The van der Waals surface area contributed by atoms with Crippen LogP contribution in [0.2, 0.25) is 5.02 Å². The third-order valence-corrected chi connectivity index (χ3v) is 9.58. The molecule has 1 aromatic rings. The zero-order chi connectivity index (χ0) is 31.5. The summed E-state index contributed by atoms with van der Waals surface area (Å²) in [6, 6.07) is 5.64. The van der Waals surface area contributed by atoms with Crippen LogP contribution in [0.15, 0.2) is 24.3 Å². The number of ether oxygens (including phenoxy) is 2. The van der Waals surface area contributed by atoms with E-state index in [-0.39, 0.29) is 24.9 Å². The van der Waals surface area contributed by atoms with Gasteiger partial charge in [-0.2, -0.15) is 0 Å². The van der Waals surface area contributed by atoms with E-state index in [1.54, 1.807) is 43.0 Å². The van der Waals surface area contributed by atoms with E-state index in [9.17, 15) is 24.1 Å². The van der Waals surface area contributed by atoms with E-state index in [0.29, 0.717) is 30.8 Å². The predicted molar refractivity (Wildman–Crippen MR) is 157 cm³/mol. The number of urea groups is 1. The van der Waals surface area contributed by atoms with Crippen molar-refractivity contribution in [2.24, 2.45) is 17.1 Å². The maximum atomic E-state index is 13.6. The number of benzene rings is 1. The molecule has 1 saturated heterocycles. The Morgan fingerprint density at radius 3 is 2.33 bits per heavy atom. The summed E-state index contributed by atoms with van der Waals surface area (Å²) in [5.41, 5.74) is 3.51. The number of piperidine rings is 1. The molecule has 1 heterocycles. The molecule has 1 aromatic carbocycles. The number of likely N-dealkylation sites (tertiary alicyclic amines) is 1. The summed E-state index contributed by atoms with van der Waals surface area (Å²) < 4.78 is 26.9. The quantitative estimate of drug-likeness (QED) is 0.159. The molecule has 3 amide bonds. The standard InChI is InChI=1S/C28H42ClN4O8P/c1-18(2)21(22(34)33-14-13-28(37,25(3,4)16-33)19-7-9-20(29)10-8-19)32-23(35)31-15-26(5,6)41-24(36)39-17-40-42(38)27(30)11-12-27/h7-10,18,21,37H,11-17,30H2,1-6H3,(H-,31,32,35)/p+1/t21?,28-/m0/s1. The second kappa shape index (κ2) is 13.0. The third kappa shape index (κ3) is 8.32. The van der Waals surface area contributed by atoms with Crippen LogP contribution in [-0.2, 0) is 29.0 Å². The van der Waals surface area contributed by atoms with Gasteiger partial charge in [-0.1, -0.05) is 51.4 Å². The number of nitrogens with one attached hydrogen (secondary N) is 2. The molecule has 42 heavy (non-hydrogen) atoms. The number of hydrogen-bond acceptors (Lipinski definition) is 9. The lowest BCUT2D eigenvalue weighted by Crippen LogP contribution is -2.61. The molecule has 1 aliphatic heterocycles. The average Bonchev–Trinajstić information content (AvgIpc) is 3.65. The van der Waals surface area contributed by atoms with Gasteiger partial charge >= 0.3 is 20.2 Å². The molecule has 1 aliphatic carbocycles.